The third-order valence-corrected chi connectivity index (χ3v) is 4.91. The molecule has 0 spiro atoms. The van der Waals surface area contributed by atoms with E-state index in [4.69, 9.17) is 9.47 Å². The number of hydrogen-bond acceptors (Lipinski definition) is 7. The van der Waals surface area contributed by atoms with Gasteiger partial charge in [-0.3, -0.25) is 19.3 Å². The molecule has 1 aromatic rings. The van der Waals surface area contributed by atoms with Crippen molar-refractivity contribution < 1.29 is 28.7 Å². The van der Waals surface area contributed by atoms with E-state index in [2.05, 4.69) is 15.6 Å². The Labute approximate surface area is 180 Å². The Morgan fingerprint density at radius 1 is 1.03 bits per heavy atom. The SMILES string of the molecule is O=C1CCCN(C(=O)CN2CCOC2=O)CCCNC(=O)c2ncccc2OCCN1. The van der Waals surface area contributed by atoms with E-state index < -0.39 is 6.09 Å². The molecule has 2 aliphatic rings. The summed E-state index contributed by atoms with van der Waals surface area (Å²) in [5, 5.41) is 5.55. The first-order chi connectivity index (χ1) is 15.0. The molecule has 0 saturated carbocycles. The molecule has 1 fully saturated rings. The molecule has 11 nitrogen and oxygen atoms in total. The standard InChI is InChI=1S/C20H27N5O6/c26-16-5-2-9-24(17(27)14-25-11-13-31-20(25)29)10-3-7-23-19(28)18-15(4-1-6-22-18)30-12-8-21-16/h1,4,6H,2-3,5,7-14H2,(H,21,26)(H,23,28). The lowest BCUT2D eigenvalue weighted by molar-refractivity contribution is -0.132. The van der Waals surface area contributed by atoms with Crippen molar-refractivity contribution in [2.45, 2.75) is 19.3 Å². The number of carbonyl (C=O) groups is 4. The van der Waals surface area contributed by atoms with Gasteiger partial charge in [0.1, 0.15) is 19.8 Å². The highest BCUT2D eigenvalue weighted by molar-refractivity contribution is 5.94. The van der Waals surface area contributed by atoms with Crippen molar-refractivity contribution in [3.8, 4) is 5.75 Å². The van der Waals surface area contributed by atoms with E-state index in [1.807, 2.05) is 0 Å². The fourth-order valence-corrected chi connectivity index (χ4v) is 3.30. The Bertz CT molecular complexity index is 817. The summed E-state index contributed by atoms with van der Waals surface area (Å²) < 4.78 is 10.5. The molecule has 31 heavy (non-hydrogen) atoms. The number of ether oxygens (including phenoxy) is 2. The Hall–Kier alpha value is -3.37. The van der Waals surface area contributed by atoms with E-state index in [0.717, 1.165) is 0 Å². The van der Waals surface area contributed by atoms with E-state index in [-0.39, 0.29) is 56.1 Å². The van der Waals surface area contributed by atoms with E-state index in [1.54, 1.807) is 17.0 Å². The molecule has 1 aromatic heterocycles. The topological polar surface area (TPSA) is 130 Å². The minimum atomic E-state index is -0.497. The van der Waals surface area contributed by atoms with Crippen LogP contribution in [0, 0.1) is 0 Å². The molecule has 0 bridgehead atoms. The number of nitrogens with one attached hydrogen (secondary N) is 2. The molecule has 0 unspecified atom stereocenters. The van der Waals surface area contributed by atoms with Crippen LogP contribution in [0.25, 0.3) is 0 Å². The fraction of sp³-hybridized carbons (Fsp3) is 0.550. The van der Waals surface area contributed by atoms with E-state index >= 15 is 0 Å². The molecule has 0 aliphatic carbocycles. The first kappa shape index (κ1) is 22.3. The number of amides is 4. The molecular formula is C20H27N5O6. The number of nitrogens with zero attached hydrogens (tertiary/aromatic N) is 3. The molecule has 0 aromatic carbocycles. The zero-order valence-corrected chi connectivity index (χ0v) is 17.3. The third kappa shape index (κ3) is 6.56. The number of rotatable bonds is 2. The van der Waals surface area contributed by atoms with Crippen LogP contribution in [-0.2, 0) is 14.3 Å². The van der Waals surface area contributed by atoms with Crippen molar-refractivity contribution in [2.24, 2.45) is 0 Å². The molecule has 1 saturated heterocycles. The van der Waals surface area contributed by atoms with Gasteiger partial charge >= 0.3 is 6.09 Å². The summed E-state index contributed by atoms with van der Waals surface area (Å²) in [4.78, 5) is 55.9. The molecule has 3 heterocycles. The van der Waals surface area contributed by atoms with Crippen molar-refractivity contribution in [3.05, 3.63) is 24.0 Å². The summed E-state index contributed by atoms with van der Waals surface area (Å²) in [6.07, 6.45) is 2.28. The number of pyridine rings is 1. The van der Waals surface area contributed by atoms with Crippen LogP contribution in [-0.4, -0.2) is 91.1 Å². The van der Waals surface area contributed by atoms with Crippen LogP contribution < -0.4 is 15.4 Å². The number of aromatic nitrogens is 1. The van der Waals surface area contributed by atoms with Gasteiger partial charge in [0.05, 0.1) is 13.1 Å². The van der Waals surface area contributed by atoms with Crippen molar-refractivity contribution in [1.29, 1.82) is 0 Å². The van der Waals surface area contributed by atoms with Crippen LogP contribution >= 0.6 is 0 Å². The lowest BCUT2D eigenvalue weighted by Crippen LogP contribution is -2.42. The quantitative estimate of drug-likeness (QED) is 0.659. The lowest BCUT2D eigenvalue weighted by atomic mass is 10.2. The maximum absolute atomic E-state index is 12.7. The van der Waals surface area contributed by atoms with Gasteiger partial charge in [0.25, 0.3) is 5.91 Å². The van der Waals surface area contributed by atoms with E-state index in [0.29, 0.717) is 44.8 Å². The van der Waals surface area contributed by atoms with Crippen LogP contribution in [0.15, 0.2) is 18.3 Å². The minimum Gasteiger partial charge on any atom is -0.489 e. The van der Waals surface area contributed by atoms with Gasteiger partial charge < -0.3 is 25.0 Å². The fourth-order valence-electron chi connectivity index (χ4n) is 3.30. The van der Waals surface area contributed by atoms with Gasteiger partial charge in [0.2, 0.25) is 11.8 Å². The van der Waals surface area contributed by atoms with Crippen LogP contribution in [0.3, 0.4) is 0 Å². The second kappa shape index (κ2) is 11.1. The Morgan fingerprint density at radius 2 is 1.87 bits per heavy atom. The number of fused-ring (bicyclic) bond motifs is 1. The number of cyclic esters (lactones) is 1. The monoisotopic (exact) mass is 433 g/mol. The van der Waals surface area contributed by atoms with Crippen molar-refractivity contribution in [3.63, 3.8) is 0 Å². The molecule has 0 radical (unpaired) electrons. The average molecular weight is 433 g/mol. The van der Waals surface area contributed by atoms with Crippen molar-refractivity contribution in [2.75, 3.05) is 52.5 Å². The second-order valence-electron chi connectivity index (χ2n) is 7.18. The molecule has 0 atom stereocenters. The summed E-state index contributed by atoms with van der Waals surface area (Å²) in [5.41, 5.74) is 0.168. The number of carbonyl (C=O) groups excluding carboxylic acids is 4. The molecule has 4 amide bonds. The molecule has 168 valence electrons. The molecule has 11 heteroatoms. The first-order valence-corrected chi connectivity index (χ1v) is 10.4. The molecule has 2 aliphatic heterocycles. The highest BCUT2D eigenvalue weighted by Gasteiger charge is 2.26. The Morgan fingerprint density at radius 3 is 2.68 bits per heavy atom. The zero-order valence-electron chi connectivity index (χ0n) is 17.3. The Balaban J connectivity index is 1.63. The lowest BCUT2D eigenvalue weighted by Gasteiger charge is -2.25. The van der Waals surface area contributed by atoms with Gasteiger partial charge in [-0.25, -0.2) is 9.78 Å². The zero-order chi connectivity index (χ0) is 22.1. The average Bonchev–Trinajstić information content (AvgIpc) is 3.16. The summed E-state index contributed by atoms with van der Waals surface area (Å²) in [7, 11) is 0. The smallest absolute Gasteiger partial charge is 0.410 e. The molecular weight excluding hydrogens is 406 g/mol. The summed E-state index contributed by atoms with van der Waals surface area (Å²) in [5.74, 6) is -0.387. The van der Waals surface area contributed by atoms with E-state index in [9.17, 15) is 19.2 Å². The Kier molecular flexibility index (Phi) is 8.02. The van der Waals surface area contributed by atoms with Crippen molar-refractivity contribution >= 4 is 23.8 Å². The summed E-state index contributed by atoms with van der Waals surface area (Å²) in [6, 6.07) is 3.32. The van der Waals surface area contributed by atoms with Crippen LogP contribution in [0.2, 0.25) is 0 Å². The summed E-state index contributed by atoms with van der Waals surface area (Å²) >= 11 is 0. The highest BCUT2D eigenvalue weighted by Crippen LogP contribution is 2.15. The second-order valence-corrected chi connectivity index (χ2v) is 7.18. The molecule has 2 N–H and O–H groups in total. The minimum absolute atomic E-state index is 0.0635. The predicted octanol–water partition coefficient (Wildman–Crippen LogP) is -0.229. The molecule has 3 rings (SSSR count). The van der Waals surface area contributed by atoms with Crippen LogP contribution in [0.1, 0.15) is 29.8 Å². The predicted molar refractivity (Wildman–Crippen MR) is 108 cm³/mol. The van der Waals surface area contributed by atoms with Crippen molar-refractivity contribution in [1.82, 2.24) is 25.4 Å². The van der Waals surface area contributed by atoms with Gasteiger partial charge in [-0.1, -0.05) is 0 Å². The largest absolute Gasteiger partial charge is 0.489 e. The van der Waals surface area contributed by atoms with Crippen LogP contribution in [0.5, 0.6) is 5.75 Å². The maximum Gasteiger partial charge on any atom is 0.410 e. The maximum atomic E-state index is 12.7. The van der Waals surface area contributed by atoms with Gasteiger partial charge in [-0.15, -0.1) is 0 Å². The van der Waals surface area contributed by atoms with Gasteiger partial charge in [-0.05, 0) is 25.0 Å². The van der Waals surface area contributed by atoms with Gasteiger partial charge in [-0.2, -0.15) is 0 Å². The highest BCUT2D eigenvalue weighted by atomic mass is 16.6. The normalized spacial score (nSPS) is 19.0. The first-order valence-electron chi connectivity index (χ1n) is 10.4. The van der Waals surface area contributed by atoms with E-state index in [1.165, 1.54) is 11.1 Å². The van der Waals surface area contributed by atoms with Gasteiger partial charge in [0.15, 0.2) is 11.4 Å². The van der Waals surface area contributed by atoms with Crippen LogP contribution in [0.4, 0.5) is 4.79 Å². The van der Waals surface area contributed by atoms with Gasteiger partial charge in [0, 0.05) is 32.3 Å². The third-order valence-electron chi connectivity index (χ3n) is 4.91. The number of hydrogen-bond donors (Lipinski definition) is 2. The summed E-state index contributed by atoms with van der Waals surface area (Å²) in [6.45, 7) is 2.18.